The lowest BCUT2D eigenvalue weighted by atomic mass is 9.92. The Morgan fingerprint density at radius 1 is 0.741 bits per heavy atom. The summed E-state index contributed by atoms with van der Waals surface area (Å²) >= 11 is 1.96. The summed E-state index contributed by atoms with van der Waals surface area (Å²) in [4.78, 5) is 30.0. The number of para-hydroxylation sites is 1. The summed E-state index contributed by atoms with van der Waals surface area (Å²) in [5.41, 5.74) is 2.91. The molecule has 1 fully saturated rings. The molecule has 2 amide bonds. The number of nitrogens with zero attached hydrogens (tertiary/aromatic N) is 2. The number of rotatable bonds is 2. The maximum atomic E-state index is 13.2. The number of imide groups is 1. The van der Waals surface area contributed by atoms with Crippen molar-refractivity contribution in [3.05, 3.63) is 71.8 Å². The molecule has 0 aliphatic carbocycles. The third-order valence-corrected chi connectivity index (χ3v) is 6.19. The standard InChI is InChI=1S/C22H18N2O2S/c25-21-17-8-4-7-16-19(23-11-13-27-14-12-23)10-9-18(20(16)17)22(26)24(21)15-5-2-1-3-6-15/h1-10H,11-14H2. The van der Waals surface area contributed by atoms with Crippen LogP contribution < -0.4 is 9.80 Å². The molecule has 3 aromatic rings. The molecule has 0 N–H and O–H groups in total. The Morgan fingerprint density at radius 2 is 1.44 bits per heavy atom. The maximum absolute atomic E-state index is 13.2. The first-order valence-electron chi connectivity index (χ1n) is 9.08. The number of carbonyl (C=O) groups excluding carboxylic acids is 2. The quantitative estimate of drug-likeness (QED) is 0.631. The van der Waals surface area contributed by atoms with Crippen LogP contribution in [0, 0.1) is 0 Å². The molecule has 3 aromatic carbocycles. The lowest BCUT2D eigenvalue weighted by Crippen LogP contribution is -2.40. The van der Waals surface area contributed by atoms with Crippen molar-refractivity contribution in [1.29, 1.82) is 0 Å². The van der Waals surface area contributed by atoms with Crippen LogP contribution in [0.15, 0.2) is 60.7 Å². The average molecular weight is 374 g/mol. The highest BCUT2D eigenvalue weighted by atomic mass is 32.2. The van der Waals surface area contributed by atoms with Crippen LogP contribution >= 0.6 is 11.8 Å². The van der Waals surface area contributed by atoms with Gasteiger partial charge in [0.1, 0.15) is 0 Å². The third-order valence-electron chi connectivity index (χ3n) is 5.25. The average Bonchev–Trinajstić information content (AvgIpc) is 2.73. The van der Waals surface area contributed by atoms with Crippen LogP contribution in [0.25, 0.3) is 10.8 Å². The van der Waals surface area contributed by atoms with Gasteiger partial charge in [0.2, 0.25) is 0 Å². The van der Waals surface area contributed by atoms with Crippen molar-refractivity contribution >= 4 is 45.7 Å². The summed E-state index contributed by atoms with van der Waals surface area (Å²) in [6.45, 7) is 1.97. The smallest absolute Gasteiger partial charge is 0.265 e. The van der Waals surface area contributed by atoms with E-state index in [-0.39, 0.29) is 11.8 Å². The molecule has 27 heavy (non-hydrogen) atoms. The van der Waals surface area contributed by atoms with Gasteiger partial charge in [0.05, 0.1) is 5.69 Å². The van der Waals surface area contributed by atoms with Gasteiger partial charge >= 0.3 is 0 Å². The fourth-order valence-electron chi connectivity index (χ4n) is 3.97. The van der Waals surface area contributed by atoms with E-state index in [0.717, 1.165) is 41.1 Å². The van der Waals surface area contributed by atoms with E-state index < -0.39 is 0 Å². The second kappa shape index (κ2) is 6.43. The Labute approximate surface area is 161 Å². The van der Waals surface area contributed by atoms with E-state index in [2.05, 4.69) is 4.90 Å². The number of thioether (sulfide) groups is 1. The molecule has 0 aromatic heterocycles. The fraction of sp³-hybridized carbons (Fsp3) is 0.182. The van der Waals surface area contributed by atoms with Crippen LogP contribution in [0.1, 0.15) is 20.7 Å². The molecule has 5 heteroatoms. The first-order chi connectivity index (χ1) is 13.3. The van der Waals surface area contributed by atoms with E-state index in [1.165, 1.54) is 4.90 Å². The number of hydrogen-bond acceptors (Lipinski definition) is 4. The Balaban J connectivity index is 1.70. The van der Waals surface area contributed by atoms with Crippen LogP contribution in [-0.4, -0.2) is 36.4 Å². The van der Waals surface area contributed by atoms with Gasteiger partial charge in [-0.15, -0.1) is 0 Å². The van der Waals surface area contributed by atoms with E-state index in [4.69, 9.17) is 0 Å². The molecule has 1 saturated heterocycles. The van der Waals surface area contributed by atoms with Gasteiger partial charge in [-0.2, -0.15) is 11.8 Å². The van der Waals surface area contributed by atoms with Gasteiger partial charge in [-0.3, -0.25) is 9.59 Å². The van der Waals surface area contributed by atoms with E-state index in [9.17, 15) is 9.59 Å². The zero-order chi connectivity index (χ0) is 18.4. The molecule has 5 rings (SSSR count). The minimum absolute atomic E-state index is 0.254. The van der Waals surface area contributed by atoms with Crippen LogP contribution in [-0.2, 0) is 0 Å². The van der Waals surface area contributed by atoms with Gasteiger partial charge in [-0.05, 0) is 30.3 Å². The molecule has 0 radical (unpaired) electrons. The highest BCUT2D eigenvalue weighted by Crippen LogP contribution is 2.37. The Kier molecular flexibility index (Phi) is 3.90. The SMILES string of the molecule is O=C1c2cccc3c(N4CCSCC4)ccc(c23)C(=O)N1c1ccccc1. The van der Waals surface area contributed by atoms with Crippen molar-refractivity contribution in [3.8, 4) is 0 Å². The highest BCUT2D eigenvalue weighted by Gasteiger charge is 2.34. The largest absolute Gasteiger partial charge is 0.369 e. The van der Waals surface area contributed by atoms with Crippen molar-refractivity contribution in [2.75, 3.05) is 34.4 Å². The molecule has 0 spiro atoms. The van der Waals surface area contributed by atoms with E-state index in [1.807, 2.05) is 60.3 Å². The molecule has 2 aliphatic heterocycles. The van der Waals surface area contributed by atoms with Gasteiger partial charge < -0.3 is 4.90 Å². The van der Waals surface area contributed by atoms with Crippen molar-refractivity contribution in [3.63, 3.8) is 0 Å². The molecule has 0 atom stereocenters. The number of amides is 2. The van der Waals surface area contributed by atoms with E-state index in [0.29, 0.717) is 16.8 Å². The predicted molar refractivity (Wildman–Crippen MR) is 111 cm³/mol. The fourth-order valence-corrected chi connectivity index (χ4v) is 4.88. The summed E-state index contributed by atoms with van der Waals surface area (Å²) in [6.07, 6.45) is 0. The normalized spacial score (nSPS) is 16.9. The summed E-state index contributed by atoms with van der Waals surface area (Å²) in [7, 11) is 0. The van der Waals surface area contributed by atoms with Gasteiger partial charge in [0, 0.05) is 52.2 Å². The zero-order valence-electron chi connectivity index (χ0n) is 14.7. The molecule has 2 aliphatic rings. The van der Waals surface area contributed by atoms with Crippen molar-refractivity contribution in [2.45, 2.75) is 0 Å². The molecule has 0 unspecified atom stereocenters. The second-order valence-electron chi connectivity index (χ2n) is 6.74. The van der Waals surface area contributed by atoms with Gasteiger partial charge in [0.25, 0.3) is 11.8 Å². The third kappa shape index (κ3) is 2.53. The Hall–Kier alpha value is -2.79. The highest BCUT2D eigenvalue weighted by molar-refractivity contribution is 7.99. The molecule has 134 valence electrons. The summed E-state index contributed by atoms with van der Waals surface area (Å²) < 4.78 is 0. The van der Waals surface area contributed by atoms with Crippen LogP contribution in [0.5, 0.6) is 0 Å². The van der Waals surface area contributed by atoms with E-state index in [1.54, 1.807) is 12.1 Å². The number of benzene rings is 3. The lowest BCUT2D eigenvalue weighted by Gasteiger charge is -2.32. The van der Waals surface area contributed by atoms with Crippen molar-refractivity contribution in [2.24, 2.45) is 0 Å². The molecular weight excluding hydrogens is 356 g/mol. The van der Waals surface area contributed by atoms with Gasteiger partial charge in [-0.1, -0.05) is 30.3 Å². The number of carbonyl (C=O) groups is 2. The second-order valence-corrected chi connectivity index (χ2v) is 7.97. The topological polar surface area (TPSA) is 40.6 Å². The van der Waals surface area contributed by atoms with Crippen molar-refractivity contribution in [1.82, 2.24) is 0 Å². The number of anilines is 2. The van der Waals surface area contributed by atoms with Gasteiger partial charge in [-0.25, -0.2) is 4.90 Å². The van der Waals surface area contributed by atoms with Gasteiger partial charge in [0.15, 0.2) is 0 Å². The van der Waals surface area contributed by atoms with E-state index >= 15 is 0 Å². The van der Waals surface area contributed by atoms with Crippen LogP contribution in [0.3, 0.4) is 0 Å². The Bertz CT molecular complexity index is 1040. The molecule has 0 bridgehead atoms. The van der Waals surface area contributed by atoms with Crippen LogP contribution in [0.4, 0.5) is 11.4 Å². The molecule has 0 saturated carbocycles. The first-order valence-corrected chi connectivity index (χ1v) is 10.2. The molecule has 2 heterocycles. The van der Waals surface area contributed by atoms with Crippen molar-refractivity contribution < 1.29 is 9.59 Å². The lowest BCUT2D eigenvalue weighted by molar-refractivity contribution is 0.0893. The minimum atomic E-state index is -0.254. The molecule has 4 nitrogen and oxygen atoms in total. The summed E-state index contributed by atoms with van der Waals surface area (Å²) in [6, 6.07) is 18.8. The maximum Gasteiger partial charge on any atom is 0.265 e. The monoisotopic (exact) mass is 374 g/mol. The summed E-state index contributed by atoms with van der Waals surface area (Å²) in [5.74, 6) is 1.69. The minimum Gasteiger partial charge on any atom is -0.369 e. The number of hydrogen-bond donors (Lipinski definition) is 0. The Morgan fingerprint density at radius 3 is 2.19 bits per heavy atom. The van der Waals surface area contributed by atoms with Crippen LogP contribution in [0.2, 0.25) is 0 Å². The summed E-state index contributed by atoms with van der Waals surface area (Å²) in [5, 5.41) is 1.78. The zero-order valence-corrected chi connectivity index (χ0v) is 15.5. The predicted octanol–water partition coefficient (Wildman–Crippen LogP) is 4.19. The molecular formula is C22H18N2O2S. The first kappa shape index (κ1) is 16.4.